The van der Waals surface area contributed by atoms with Gasteiger partial charge >= 0.3 is 0 Å². The summed E-state index contributed by atoms with van der Waals surface area (Å²) in [5.41, 5.74) is 0.749. The van der Waals surface area contributed by atoms with E-state index in [1.54, 1.807) is 6.20 Å². The highest BCUT2D eigenvalue weighted by atomic mass is 79.9. The van der Waals surface area contributed by atoms with E-state index in [4.69, 9.17) is 4.42 Å². The lowest BCUT2D eigenvalue weighted by atomic mass is 10.2. The first-order chi connectivity index (χ1) is 11.7. The Bertz CT molecular complexity index is 834. The number of furan rings is 1. The highest BCUT2D eigenvalue weighted by Gasteiger charge is 2.25. The lowest BCUT2D eigenvalue weighted by Gasteiger charge is -2.35. The van der Waals surface area contributed by atoms with E-state index in [9.17, 15) is 4.79 Å². The van der Waals surface area contributed by atoms with Crippen molar-refractivity contribution in [3.63, 3.8) is 0 Å². The van der Waals surface area contributed by atoms with Gasteiger partial charge in [-0.15, -0.1) is 0 Å². The number of halogens is 1. The number of hydrogen-bond acceptors (Lipinski definition) is 4. The lowest BCUT2D eigenvalue weighted by Crippen LogP contribution is -2.49. The lowest BCUT2D eigenvalue weighted by molar-refractivity contribution is 0.0717. The highest BCUT2D eigenvalue weighted by Crippen LogP contribution is 2.21. The Kier molecular flexibility index (Phi) is 3.98. The Morgan fingerprint density at radius 3 is 2.58 bits per heavy atom. The van der Waals surface area contributed by atoms with Gasteiger partial charge < -0.3 is 14.2 Å². The molecule has 122 valence electrons. The van der Waals surface area contributed by atoms with Crippen molar-refractivity contribution in [2.75, 3.05) is 31.1 Å². The van der Waals surface area contributed by atoms with E-state index >= 15 is 0 Å². The molecule has 1 fully saturated rings. The van der Waals surface area contributed by atoms with Crippen LogP contribution in [0.4, 0.5) is 5.82 Å². The first kappa shape index (κ1) is 15.2. The molecular formula is C18H16BrN3O2. The van der Waals surface area contributed by atoms with E-state index in [1.165, 1.54) is 0 Å². The second-order valence-electron chi connectivity index (χ2n) is 5.76. The van der Waals surface area contributed by atoms with Crippen molar-refractivity contribution in [1.82, 2.24) is 9.88 Å². The van der Waals surface area contributed by atoms with Crippen molar-refractivity contribution in [3.05, 3.63) is 58.9 Å². The normalized spacial score (nSPS) is 15.0. The molecule has 0 spiro atoms. The largest absolute Gasteiger partial charge is 0.451 e. The molecule has 0 radical (unpaired) electrons. The quantitative estimate of drug-likeness (QED) is 0.676. The van der Waals surface area contributed by atoms with Crippen LogP contribution in [0.5, 0.6) is 0 Å². The number of carbonyl (C=O) groups is 1. The highest BCUT2D eigenvalue weighted by molar-refractivity contribution is 9.10. The van der Waals surface area contributed by atoms with E-state index in [0.717, 1.165) is 34.3 Å². The smallest absolute Gasteiger partial charge is 0.289 e. The van der Waals surface area contributed by atoms with Crippen molar-refractivity contribution in [2.45, 2.75) is 0 Å². The minimum absolute atomic E-state index is 0.0467. The summed E-state index contributed by atoms with van der Waals surface area (Å²) in [5.74, 6) is 1.30. The van der Waals surface area contributed by atoms with Gasteiger partial charge in [-0.3, -0.25) is 4.79 Å². The molecule has 1 saturated heterocycles. The number of benzene rings is 1. The van der Waals surface area contributed by atoms with Crippen LogP contribution in [0.1, 0.15) is 10.6 Å². The molecule has 4 rings (SSSR count). The second-order valence-corrected chi connectivity index (χ2v) is 6.68. The van der Waals surface area contributed by atoms with Crippen molar-refractivity contribution in [1.29, 1.82) is 0 Å². The fourth-order valence-corrected chi connectivity index (χ4v) is 3.17. The van der Waals surface area contributed by atoms with Gasteiger partial charge in [-0.05, 0) is 40.2 Å². The molecule has 1 amide bonds. The number of hydrogen-bond donors (Lipinski definition) is 0. The summed E-state index contributed by atoms with van der Waals surface area (Å²) < 4.78 is 6.65. The Hall–Kier alpha value is -2.34. The van der Waals surface area contributed by atoms with E-state index in [-0.39, 0.29) is 5.91 Å². The number of amides is 1. The van der Waals surface area contributed by atoms with Crippen molar-refractivity contribution >= 4 is 38.6 Å². The number of rotatable bonds is 2. The molecule has 0 saturated carbocycles. The van der Waals surface area contributed by atoms with Gasteiger partial charge in [-0.1, -0.05) is 18.2 Å². The second kappa shape index (κ2) is 6.28. The molecule has 0 N–H and O–H groups in total. The van der Waals surface area contributed by atoms with Crippen LogP contribution in [-0.2, 0) is 0 Å². The number of nitrogens with zero attached hydrogens (tertiary/aromatic N) is 3. The maximum atomic E-state index is 12.6. The van der Waals surface area contributed by atoms with Gasteiger partial charge in [-0.2, -0.15) is 0 Å². The fraction of sp³-hybridized carbons (Fsp3) is 0.222. The number of carbonyl (C=O) groups excluding carboxylic acids is 1. The molecule has 1 aliphatic rings. The molecule has 3 aromatic rings. The molecule has 6 heteroatoms. The summed E-state index contributed by atoms with van der Waals surface area (Å²) in [6.45, 7) is 2.85. The van der Waals surface area contributed by atoms with Crippen LogP contribution in [0.15, 0.2) is 57.6 Å². The third kappa shape index (κ3) is 2.89. The molecule has 0 bridgehead atoms. The van der Waals surface area contributed by atoms with Gasteiger partial charge in [-0.25, -0.2) is 4.98 Å². The molecule has 0 aliphatic carbocycles. The van der Waals surface area contributed by atoms with Crippen LogP contribution in [0.25, 0.3) is 11.0 Å². The van der Waals surface area contributed by atoms with Crippen LogP contribution in [0.3, 0.4) is 0 Å². The Morgan fingerprint density at radius 2 is 1.88 bits per heavy atom. The number of pyridine rings is 1. The van der Waals surface area contributed by atoms with Gasteiger partial charge in [0.1, 0.15) is 11.4 Å². The number of para-hydroxylation sites is 1. The van der Waals surface area contributed by atoms with E-state index in [2.05, 4.69) is 25.8 Å². The predicted molar refractivity (Wildman–Crippen MR) is 96.3 cm³/mol. The Labute approximate surface area is 148 Å². The first-order valence-electron chi connectivity index (χ1n) is 7.85. The van der Waals surface area contributed by atoms with Crippen LogP contribution >= 0.6 is 15.9 Å². The Morgan fingerprint density at radius 1 is 1.08 bits per heavy atom. The monoisotopic (exact) mass is 385 g/mol. The molecule has 5 nitrogen and oxygen atoms in total. The maximum Gasteiger partial charge on any atom is 0.289 e. The van der Waals surface area contributed by atoms with Crippen LogP contribution in [0.2, 0.25) is 0 Å². The van der Waals surface area contributed by atoms with E-state index < -0.39 is 0 Å². The van der Waals surface area contributed by atoms with Gasteiger partial charge in [0, 0.05) is 42.2 Å². The summed E-state index contributed by atoms with van der Waals surface area (Å²) >= 11 is 3.39. The molecule has 3 heterocycles. The summed E-state index contributed by atoms with van der Waals surface area (Å²) in [5, 5.41) is 0.957. The average molecular weight is 386 g/mol. The topological polar surface area (TPSA) is 49.6 Å². The molecule has 1 aromatic carbocycles. The maximum absolute atomic E-state index is 12.6. The molecule has 24 heavy (non-hydrogen) atoms. The SMILES string of the molecule is O=C(c1cc2ccccc2o1)N1CCN(c2ccc(Br)cn2)CC1. The van der Waals surface area contributed by atoms with E-state index in [0.29, 0.717) is 18.8 Å². The zero-order valence-electron chi connectivity index (χ0n) is 13.0. The van der Waals surface area contributed by atoms with Crippen LogP contribution < -0.4 is 4.90 Å². The van der Waals surface area contributed by atoms with E-state index in [1.807, 2.05) is 47.4 Å². The van der Waals surface area contributed by atoms with Gasteiger partial charge in [0.05, 0.1) is 0 Å². The third-order valence-corrected chi connectivity index (χ3v) is 4.71. The van der Waals surface area contributed by atoms with Gasteiger partial charge in [0.15, 0.2) is 5.76 Å². The Balaban J connectivity index is 1.45. The first-order valence-corrected chi connectivity index (χ1v) is 8.64. The van der Waals surface area contributed by atoms with Crippen LogP contribution in [-0.4, -0.2) is 42.0 Å². The fourth-order valence-electron chi connectivity index (χ4n) is 2.94. The molecule has 0 atom stereocenters. The van der Waals surface area contributed by atoms with Crippen molar-refractivity contribution in [3.8, 4) is 0 Å². The predicted octanol–water partition coefficient (Wildman–Crippen LogP) is 3.55. The number of anilines is 1. The minimum atomic E-state index is -0.0467. The molecule has 1 aliphatic heterocycles. The average Bonchev–Trinajstić information content (AvgIpc) is 3.06. The number of fused-ring (bicyclic) bond motifs is 1. The summed E-state index contributed by atoms with van der Waals surface area (Å²) in [7, 11) is 0. The van der Waals surface area contributed by atoms with Gasteiger partial charge in [0.2, 0.25) is 0 Å². The minimum Gasteiger partial charge on any atom is -0.451 e. The molecule has 0 unspecified atom stereocenters. The van der Waals surface area contributed by atoms with Gasteiger partial charge in [0.25, 0.3) is 5.91 Å². The summed E-state index contributed by atoms with van der Waals surface area (Å²) in [6, 6.07) is 13.5. The summed E-state index contributed by atoms with van der Waals surface area (Å²) in [6.07, 6.45) is 1.79. The van der Waals surface area contributed by atoms with Crippen molar-refractivity contribution in [2.24, 2.45) is 0 Å². The third-order valence-electron chi connectivity index (χ3n) is 4.24. The molecular weight excluding hydrogens is 370 g/mol. The summed E-state index contributed by atoms with van der Waals surface area (Å²) in [4.78, 5) is 21.1. The number of aromatic nitrogens is 1. The standard InChI is InChI=1S/C18H16BrN3O2/c19-14-5-6-17(20-12-14)21-7-9-22(10-8-21)18(23)16-11-13-3-1-2-4-15(13)24-16/h1-6,11-12H,7-10H2. The van der Waals surface area contributed by atoms with Crippen molar-refractivity contribution < 1.29 is 9.21 Å². The number of piperazine rings is 1. The zero-order chi connectivity index (χ0) is 16.5. The van der Waals surface area contributed by atoms with Crippen LogP contribution in [0, 0.1) is 0 Å². The molecule has 2 aromatic heterocycles. The zero-order valence-corrected chi connectivity index (χ0v) is 14.6.